The lowest BCUT2D eigenvalue weighted by atomic mass is 9.96. The van der Waals surface area contributed by atoms with Gasteiger partial charge >= 0.3 is 0 Å². The number of rotatable bonds is 5. The fourth-order valence-electron chi connectivity index (χ4n) is 3.27. The molecular weight excluding hydrogens is 334 g/mol. The van der Waals surface area contributed by atoms with E-state index in [0.717, 1.165) is 67.9 Å². The molecule has 8 heteroatoms. The molecule has 136 valence electrons. The van der Waals surface area contributed by atoms with Crippen molar-refractivity contribution in [2.45, 2.75) is 46.0 Å². The number of thiazole rings is 1. The van der Waals surface area contributed by atoms with E-state index >= 15 is 0 Å². The number of hydrogen-bond acceptors (Lipinski definition) is 5. The maximum Gasteiger partial charge on any atom is 0.193 e. The Bertz CT molecular complexity index is 684. The average Bonchev–Trinajstić information content (AvgIpc) is 3.24. The number of hydrogen-bond donors (Lipinski definition) is 2. The van der Waals surface area contributed by atoms with E-state index in [1.165, 1.54) is 4.88 Å². The number of nitrogens with zero attached hydrogens (tertiary/aromatic N) is 5. The molecule has 3 rings (SSSR count). The van der Waals surface area contributed by atoms with Crippen molar-refractivity contribution >= 4 is 17.3 Å². The summed E-state index contributed by atoms with van der Waals surface area (Å²) in [7, 11) is 0. The van der Waals surface area contributed by atoms with Crippen molar-refractivity contribution in [2.75, 3.05) is 26.2 Å². The Labute approximate surface area is 153 Å². The highest BCUT2D eigenvalue weighted by Crippen LogP contribution is 2.25. The van der Waals surface area contributed by atoms with E-state index in [0.29, 0.717) is 5.92 Å². The molecule has 0 unspecified atom stereocenters. The van der Waals surface area contributed by atoms with Gasteiger partial charge in [-0.3, -0.25) is 10.1 Å². The van der Waals surface area contributed by atoms with Crippen LogP contribution in [0.2, 0.25) is 0 Å². The number of guanidine groups is 1. The fraction of sp³-hybridized carbons (Fsp3) is 0.647. The van der Waals surface area contributed by atoms with Crippen molar-refractivity contribution in [3.05, 3.63) is 27.7 Å². The SMILES string of the molecule is CCNC(=NCCc1sc(C)nc1C)N1CCC(c2ncn[nH]2)CC1. The number of piperidine rings is 1. The van der Waals surface area contributed by atoms with Crippen molar-refractivity contribution in [3.8, 4) is 0 Å². The van der Waals surface area contributed by atoms with E-state index in [2.05, 4.69) is 51.2 Å². The Hall–Kier alpha value is -1.96. The fourth-order valence-corrected chi connectivity index (χ4v) is 4.20. The van der Waals surface area contributed by atoms with Crippen LogP contribution in [0.1, 0.15) is 47.1 Å². The maximum absolute atomic E-state index is 4.85. The Morgan fingerprint density at radius 1 is 1.40 bits per heavy atom. The van der Waals surface area contributed by atoms with E-state index < -0.39 is 0 Å². The van der Waals surface area contributed by atoms with Crippen molar-refractivity contribution in [1.82, 2.24) is 30.4 Å². The molecule has 0 atom stereocenters. The molecule has 0 spiro atoms. The van der Waals surface area contributed by atoms with Crippen LogP contribution in [0.15, 0.2) is 11.3 Å². The molecule has 0 radical (unpaired) electrons. The minimum absolute atomic E-state index is 0.476. The van der Waals surface area contributed by atoms with Gasteiger partial charge in [0.1, 0.15) is 12.2 Å². The highest BCUT2D eigenvalue weighted by molar-refractivity contribution is 7.11. The minimum Gasteiger partial charge on any atom is -0.357 e. The van der Waals surface area contributed by atoms with E-state index in [-0.39, 0.29) is 0 Å². The normalized spacial score (nSPS) is 16.4. The van der Waals surface area contributed by atoms with Gasteiger partial charge in [-0.2, -0.15) is 5.10 Å². The zero-order valence-electron chi connectivity index (χ0n) is 15.2. The van der Waals surface area contributed by atoms with Gasteiger partial charge in [-0.15, -0.1) is 11.3 Å². The first kappa shape index (κ1) is 17.8. The summed E-state index contributed by atoms with van der Waals surface area (Å²) in [6.45, 7) is 9.95. The second-order valence-corrected chi connectivity index (χ2v) is 7.65. The quantitative estimate of drug-likeness (QED) is 0.631. The maximum atomic E-state index is 4.85. The molecule has 1 aliphatic heterocycles. The molecule has 1 aliphatic rings. The monoisotopic (exact) mass is 361 g/mol. The van der Waals surface area contributed by atoms with Gasteiger partial charge in [0.05, 0.1) is 10.7 Å². The Morgan fingerprint density at radius 3 is 2.80 bits per heavy atom. The number of nitrogens with one attached hydrogen (secondary N) is 2. The highest BCUT2D eigenvalue weighted by Gasteiger charge is 2.24. The minimum atomic E-state index is 0.476. The van der Waals surface area contributed by atoms with Gasteiger partial charge in [0.15, 0.2) is 5.96 Å². The third-order valence-electron chi connectivity index (χ3n) is 4.55. The van der Waals surface area contributed by atoms with Crippen LogP contribution in [0, 0.1) is 13.8 Å². The molecule has 7 nitrogen and oxygen atoms in total. The van der Waals surface area contributed by atoms with Crippen LogP contribution in [0.5, 0.6) is 0 Å². The number of H-pyrrole nitrogens is 1. The summed E-state index contributed by atoms with van der Waals surface area (Å²) in [5.41, 5.74) is 1.15. The highest BCUT2D eigenvalue weighted by atomic mass is 32.1. The first-order chi connectivity index (χ1) is 12.2. The van der Waals surface area contributed by atoms with Gasteiger partial charge in [0, 0.05) is 43.4 Å². The molecule has 0 aromatic carbocycles. The molecule has 2 N–H and O–H groups in total. The zero-order chi connectivity index (χ0) is 17.6. The topological polar surface area (TPSA) is 82.1 Å². The largest absolute Gasteiger partial charge is 0.357 e. The first-order valence-electron chi connectivity index (χ1n) is 8.98. The van der Waals surface area contributed by atoms with Gasteiger partial charge in [0.25, 0.3) is 0 Å². The summed E-state index contributed by atoms with van der Waals surface area (Å²) in [5.74, 6) is 2.51. The number of aryl methyl sites for hydroxylation is 2. The Morgan fingerprint density at radius 2 is 2.20 bits per heavy atom. The summed E-state index contributed by atoms with van der Waals surface area (Å²) in [5, 5.41) is 11.5. The van der Waals surface area contributed by atoms with Crippen LogP contribution < -0.4 is 5.32 Å². The second kappa shape index (κ2) is 8.42. The lowest BCUT2D eigenvalue weighted by Crippen LogP contribution is -2.45. The van der Waals surface area contributed by atoms with Gasteiger partial charge in [-0.1, -0.05) is 0 Å². The summed E-state index contributed by atoms with van der Waals surface area (Å²) in [6.07, 6.45) is 4.71. The predicted molar refractivity (Wildman–Crippen MR) is 101 cm³/mol. The average molecular weight is 362 g/mol. The third-order valence-corrected chi connectivity index (χ3v) is 5.68. The van der Waals surface area contributed by atoms with Crippen LogP contribution in [0.3, 0.4) is 0 Å². The lowest BCUT2D eigenvalue weighted by molar-refractivity contribution is 0.299. The van der Waals surface area contributed by atoms with Crippen LogP contribution in [0.4, 0.5) is 0 Å². The van der Waals surface area contributed by atoms with E-state index in [9.17, 15) is 0 Å². The van der Waals surface area contributed by atoms with Crippen LogP contribution in [0.25, 0.3) is 0 Å². The van der Waals surface area contributed by atoms with Gasteiger partial charge < -0.3 is 10.2 Å². The van der Waals surface area contributed by atoms with E-state index in [1.54, 1.807) is 17.7 Å². The third kappa shape index (κ3) is 4.56. The van der Waals surface area contributed by atoms with Crippen molar-refractivity contribution in [1.29, 1.82) is 0 Å². The molecule has 0 saturated carbocycles. The molecule has 2 aromatic heterocycles. The molecule has 25 heavy (non-hydrogen) atoms. The van der Waals surface area contributed by atoms with Crippen LogP contribution in [-0.4, -0.2) is 57.2 Å². The smallest absolute Gasteiger partial charge is 0.193 e. The lowest BCUT2D eigenvalue weighted by Gasteiger charge is -2.33. The molecule has 2 aromatic rings. The Kier molecular flexibility index (Phi) is 6.01. The van der Waals surface area contributed by atoms with Gasteiger partial charge in [-0.25, -0.2) is 9.97 Å². The second-order valence-electron chi connectivity index (χ2n) is 6.36. The molecule has 0 bridgehead atoms. The summed E-state index contributed by atoms with van der Waals surface area (Å²) >= 11 is 1.78. The summed E-state index contributed by atoms with van der Waals surface area (Å²) in [6, 6.07) is 0. The van der Waals surface area contributed by atoms with E-state index in [4.69, 9.17) is 4.99 Å². The van der Waals surface area contributed by atoms with Crippen molar-refractivity contribution < 1.29 is 0 Å². The Balaban J connectivity index is 1.56. The molecule has 0 amide bonds. The van der Waals surface area contributed by atoms with Crippen molar-refractivity contribution in [3.63, 3.8) is 0 Å². The first-order valence-corrected chi connectivity index (χ1v) is 9.80. The van der Waals surface area contributed by atoms with Crippen LogP contribution in [-0.2, 0) is 6.42 Å². The molecule has 3 heterocycles. The van der Waals surface area contributed by atoms with E-state index in [1.807, 2.05) is 0 Å². The van der Waals surface area contributed by atoms with Gasteiger partial charge in [0.2, 0.25) is 0 Å². The number of aromatic amines is 1. The van der Waals surface area contributed by atoms with Crippen molar-refractivity contribution in [2.24, 2.45) is 4.99 Å². The summed E-state index contributed by atoms with van der Waals surface area (Å²) in [4.78, 5) is 17.4. The zero-order valence-corrected chi connectivity index (χ0v) is 16.1. The molecular formula is C17H27N7S. The number of likely N-dealkylation sites (tertiary alicyclic amines) is 1. The molecule has 1 saturated heterocycles. The number of aliphatic imine (C=N–C) groups is 1. The number of aromatic nitrogens is 4. The molecule has 0 aliphatic carbocycles. The van der Waals surface area contributed by atoms with Crippen LogP contribution >= 0.6 is 11.3 Å². The standard InChI is InChI=1S/C17H27N7S/c1-4-18-17(19-8-5-15-12(2)22-13(3)25-15)24-9-6-14(7-10-24)16-20-11-21-23-16/h11,14H,4-10H2,1-3H3,(H,18,19)(H,20,21,23). The molecule has 1 fully saturated rings. The predicted octanol–water partition coefficient (Wildman–Crippen LogP) is 2.27. The summed E-state index contributed by atoms with van der Waals surface area (Å²) < 4.78 is 0. The van der Waals surface area contributed by atoms with Gasteiger partial charge in [-0.05, 0) is 33.6 Å².